The summed E-state index contributed by atoms with van der Waals surface area (Å²) in [6.45, 7) is 0.711. The number of rotatable bonds is 5. The summed E-state index contributed by atoms with van der Waals surface area (Å²) < 4.78 is 10.7. The zero-order chi connectivity index (χ0) is 18.6. The third-order valence-electron chi connectivity index (χ3n) is 4.85. The standard InChI is InChI=1S/C21H21N3O3/c1-26-17-11-9-15(10-12-17)14-19(25)24-13-5-8-18(24)21-22-20(23-27-21)16-6-3-2-4-7-16/h2-4,6-7,9-12,18H,5,8,13-14H2,1H3/t18-/m0/s1. The van der Waals surface area contributed by atoms with Crippen LogP contribution >= 0.6 is 0 Å². The van der Waals surface area contributed by atoms with E-state index in [4.69, 9.17) is 9.26 Å². The monoisotopic (exact) mass is 363 g/mol. The van der Waals surface area contributed by atoms with Crippen LogP contribution in [0.25, 0.3) is 11.4 Å². The highest BCUT2D eigenvalue weighted by Gasteiger charge is 2.34. The second-order valence-corrected chi connectivity index (χ2v) is 6.59. The average Bonchev–Trinajstić information content (AvgIpc) is 3.38. The molecule has 0 aliphatic carbocycles. The first-order valence-corrected chi connectivity index (χ1v) is 9.06. The second kappa shape index (κ2) is 7.61. The molecule has 6 nitrogen and oxygen atoms in total. The van der Waals surface area contributed by atoms with Gasteiger partial charge in [-0.2, -0.15) is 4.98 Å². The van der Waals surface area contributed by atoms with Crippen molar-refractivity contribution in [3.8, 4) is 17.1 Å². The molecule has 6 heteroatoms. The molecule has 2 aromatic carbocycles. The molecule has 1 aliphatic heterocycles. The van der Waals surface area contributed by atoms with Crippen molar-refractivity contribution < 1.29 is 14.1 Å². The fourth-order valence-corrected chi connectivity index (χ4v) is 3.42. The van der Waals surface area contributed by atoms with E-state index in [0.29, 0.717) is 24.7 Å². The maximum absolute atomic E-state index is 12.8. The Hall–Kier alpha value is -3.15. The normalized spacial score (nSPS) is 16.5. The maximum atomic E-state index is 12.8. The molecule has 0 radical (unpaired) electrons. The summed E-state index contributed by atoms with van der Waals surface area (Å²) in [6, 6.07) is 17.1. The summed E-state index contributed by atoms with van der Waals surface area (Å²) in [5, 5.41) is 4.09. The highest BCUT2D eigenvalue weighted by Crippen LogP contribution is 2.32. The van der Waals surface area contributed by atoms with Crippen molar-refractivity contribution in [3.05, 3.63) is 66.1 Å². The van der Waals surface area contributed by atoms with Gasteiger partial charge in [0.05, 0.1) is 13.5 Å². The van der Waals surface area contributed by atoms with Crippen molar-refractivity contribution in [2.75, 3.05) is 13.7 Å². The van der Waals surface area contributed by atoms with Gasteiger partial charge in [0.15, 0.2) is 0 Å². The van der Waals surface area contributed by atoms with Crippen molar-refractivity contribution in [1.29, 1.82) is 0 Å². The second-order valence-electron chi connectivity index (χ2n) is 6.59. The van der Waals surface area contributed by atoms with Crippen LogP contribution in [0.1, 0.15) is 30.3 Å². The van der Waals surface area contributed by atoms with Crippen LogP contribution in [-0.2, 0) is 11.2 Å². The number of aromatic nitrogens is 2. The molecule has 0 bridgehead atoms. The van der Waals surface area contributed by atoms with Gasteiger partial charge in [0, 0.05) is 12.1 Å². The molecule has 1 aromatic heterocycles. The van der Waals surface area contributed by atoms with Crippen LogP contribution in [0.4, 0.5) is 0 Å². The molecule has 1 atom stereocenters. The van der Waals surface area contributed by atoms with E-state index in [0.717, 1.165) is 29.7 Å². The van der Waals surface area contributed by atoms with E-state index in [-0.39, 0.29) is 11.9 Å². The van der Waals surface area contributed by atoms with Crippen molar-refractivity contribution in [3.63, 3.8) is 0 Å². The van der Waals surface area contributed by atoms with Gasteiger partial charge in [-0.25, -0.2) is 0 Å². The lowest BCUT2D eigenvalue weighted by molar-refractivity contribution is -0.131. The molecule has 2 heterocycles. The van der Waals surface area contributed by atoms with Gasteiger partial charge in [-0.05, 0) is 30.5 Å². The number of ether oxygens (including phenoxy) is 1. The van der Waals surface area contributed by atoms with Crippen molar-refractivity contribution in [1.82, 2.24) is 15.0 Å². The first kappa shape index (κ1) is 17.3. The predicted molar refractivity (Wildman–Crippen MR) is 100 cm³/mol. The van der Waals surface area contributed by atoms with Crippen LogP contribution < -0.4 is 4.74 Å². The number of benzene rings is 2. The fraction of sp³-hybridized carbons (Fsp3) is 0.286. The Morgan fingerprint density at radius 2 is 1.96 bits per heavy atom. The number of hydrogen-bond donors (Lipinski definition) is 0. The van der Waals surface area contributed by atoms with Gasteiger partial charge in [0.1, 0.15) is 11.8 Å². The molecule has 0 unspecified atom stereocenters. The van der Waals surface area contributed by atoms with Crippen molar-refractivity contribution >= 4 is 5.91 Å². The molecule has 1 saturated heterocycles. The van der Waals surface area contributed by atoms with Crippen LogP contribution in [0.5, 0.6) is 5.75 Å². The highest BCUT2D eigenvalue weighted by molar-refractivity contribution is 5.79. The summed E-state index contributed by atoms with van der Waals surface area (Å²) in [5.41, 5.74) is 1.86. The predicted octanol–water partition coefficient (Wildman–Crippen LogP) is 3.65. The number of amides is 1. The van der Waals surface area contributed by atoms with Crippen molar-refractivity contribution in [2.45, 2.75) is 25.3 Å². The van der Waals surface area contributed by atoms with E-state index in [1.807, 2.05) is 59.5 Å². The van der Waals surface area contributed by atoms with Gasteiger partial charge >= 0.3 is 0 Å². The molecule has 3 aromatic rings. The zero-order valence-corrected chi connectivity index (χ0v) is 15.2. The van der Waals surface area contributed by atoms with Crippen LogP contribution in [0.15, 0.2) is 59.1 Å². The molecular formula is C21H21N3O3. The van der Waals surface area contributed by atoms with E-state index in [1.54, 1.807) is 7.11 Å². The van der Waals surface area contributed by atoms with E-state index in [2.05, 4.69) is 10.1 Å². The largest absolute Gasteiger partial charge is 0.497 e. The average molecular weight is 363 g/mol. The van der Waals surface area contributed by atoms with Gasteiger partial charge in [0.25, 0.3) is 0 Å². The topological polar surface area (TPSA) is 68.5 Å². The lowest BCUT2D eigenvalue weighted by Crippen LogP contribution is -2.32. The Balaban J connectivity index is 1.48. The number of carbonyl (C=O) groups excluding carboxylic acids is 1. The minimum atomic E-state index is -0.152. The van der Waals surface area contributed by atoms with Crippen LogP contribution in [0, 0.1) is 0 Å². The van der Waals surface area contributed by atoms with E-state index in [1.165, 1.54) is 0 Å². The number of methoxy groups -OCH3 is 1. The summed E-state index contributed by atoms with van der Waals surface area (Å²) in [7, 11) is 1.63. The fourth-order valence-electron chi connectivity index (χ4n) is 3.42. The lowest BCUT2D eigenvalue weighted by Gasteiger charge is -2.22. The zero-order valence-electron chi connectivity index (χ0n) is 15.2. The quantitative estimate of drug-likeness (QED) is 0.692. The lowest BCUT2D eigenvalue weighted by atomic mass is 10.1. The van der Waals surface area contributed by atoms with Crippen molar-refractivity contribution in [2.24, 2.45) is 0 Å². The van der Waals surface area contributed by atoms with Gasteiger partial charge in [-0.3, -0.25) is 4.79 Å². The number of hydrogen-bond acceptors (Lipinski definition) is 5. The minimum Gasteiger partial charge on any atom is -0.497 e. The summed E-state index contributed by atoms with van der Waals surface area (Å²) in [6.07, 6.45) is 2.12. The molecule has 0 N–H and O–H groups in total. The summed E-state index contributed by atoms with van der Waals surface area (Å²) in [4.78, 5) is 19.2. The van der Waals surface area contributed by atoms with Gasteiger partial charge in [0.2, 0.25) is 17.6 Å². The molecule has 4 rings (SSSR count). The van der Waals surface area contributed by atoms with Gasteiger partial charge < -0.3 is 14.2 Å². The Labute approximate surface area is 157 Å². The smallest absolute Gasteiger partial charge is 0.249 e. The Bertz CT molecular complexity index is 906. The molecule has 0 spiro atoms. The Morgan fingerprint density at radius 1 is 1.19 bits per heavy atom. The van der Waals surface area contributed by atoms with Crippen LogP contribution in [-0.4, -0.2) is 34.6 Å². The molecule has 0 saturated carbocycles. The number of likely N-dealkylation sites (tertiary alicyclic amines) is 1. The molecule has 1 fully saturated rings. The first-order chi connectivity index (χ1) is 13.2. The van der Waals surface area contributed by atoms with E-state index >= 15 is 0 Å². The number of carbonyl (C=O) groups is 1. The molecular weight excluding hydrogens is 342 g/mol. The molecule has 27 heavy (non-hydrogen) atoms. The molecule has 1 amide bonds. The SMILES string of the molecule is COc1ccc(CC(=O)N2CCC[C@H]2c2nc(-c3ccccc3)no2)cc1. The van der Waals surface area contributed by atoms with Crippen LogP contribution in [0.2, 0.25) is 0 Å². The molecule has 1 aliphatic rings. The van der Waals surface area contributed by atoms with Gasteiger partial charge in [-0.1, -0.05) is 47.6 Å². The Morgan fingerprint density at radius 3 is 2.70 bits per heavy atom. The summed E-state index contributed by atoms with van der Waals surface area (Å²) >= 11 is 0. The Kier molecular flexibility index (Phi) is 4.87. The highest BCUT2D eigenvalue weighted by atomic mass is 16.5. The number of nitrogens with zero attached hydrogens (tertiary/aromatic N) is 3. The first-order valence-electron chi connectivity index (χ1n) is 9.06. The third-order valence-corrected chi connectivity index (χ3v) is 4.85. The maximum Gasteiger partial charge on any atom is 0.249 e. The third kappa shape index (κ3) is 3.69. The van der Waals surface area contributed by atoms with Gasteiger partial charge in [-0.15, -0.1) is 0 Å². The van der Waals surface area contributed by atoms with E-state index in [9.17, 15) is 4.79 Å². The molecule has 138 valence electrons. The van der Waals surface area contributed by atoms with Crippen LogP contribution in [0.3, 0.4) is 0 Å². The van der Waals surface area contributed by atoms with E-state index < -0.39 is 0 Å². The summed E-state index contributed by atoms with van der Waals surface area (Å²) in [5.74, 6) is 1.92. The minimum absolute atomic E-state index is 0.0714.